The van der Waals surface area contributed by atoms with Gasteiger partial charge in [0.05, 0.1) is 24.6 Å². The van der Waals surface area contributed by atoms with E-state index in [0.29, 0.717) is 23.0 Å². The van der Waals surface area contributed by atoms with Crippen LogP contribution < -0.4 is 10.1 Å². The topological polar surface area (TPSA) is 98.5 Å². The maximum Gasteiger partial charge on any atom is 0.235 e. The molecular formula is C22H24N2O5S. The SMILES string of the molecule is COc1cccc(-c2nc(CS(=O)(=O)CC(=O)N[C@@H](C)c3ccccc3)c(C)o2)c1. The highest BCUT2D eigenvalue weighted by Crippen LogP contribution is 2.26. The fourth-order valence-electron chi connectivity index (χ4n) is 3.01. The van der Waals surface area contributed by atoms with Crippen molar-refractivity contribution in [3.8, 4) is 17.2 Å². The molecule has 1 N–H and O–H groups in total. The van der Waals surface area contributed by atoms with Crippen molar-refractivity contribution < 1.29 is 22.4 Å². The van der Waals surface area contributed by atoms with Crippen LogP contribution in [0.1, 0.15) is 30.0 Å². The number of carbonyl (C=O) groups is 1. The normalized spacial score (nSPS) is 12.4. The molecule has 30 heavy (non-hydrogen) atoms. The van der Waals surface area contributed by atoms with Crippen LogP contribution >= 0.6 is 0 Å². The lowest BCUT2D eigenvalue weighted by molar-refractivity contribution is -0.119. The Bertz CT molecular complexity index is 1120. The van der Waals surface area contributed by atoms with Crippen molar-refractivity contribution >= 4 is 15.7 Å². The van der Waals surface area contributed by atoms with Gasteiger partial charge in [0.2, 0.25) is 11.8 Å². The summed E-state index contributed by atoms with van der Waals surface area (Å²) in [7, 11) is -2.17. The third-order valence-corrected chi connectivity index (χ3v) is 6.01. The summed E-state index contributed by atoms with van der Waals surface area (Å²) >= 11 is 0. The lowest BCUT2D eigenvalue weighted by atomic mass is 10.1. The van der Waals surface area contributed by atoms with E-state index >= 15 is 0 Å². The van der Waals surface area contributed by atoms with Gasteiger partial charge in [0, 0.05) is 5.56 Å². The molecule has 1 atom stereocenters. The Kier molecular flexibility index (Phi) is 6.56. The van der Waals surface area contributed by atoms with Crippen LogP contribution in [-0.2, 0) is 20.4 Å². The summed E-state index contributed by atoms with van der Waals surface area (Å²) in [6.07, 6.45) is 0. The molecule has 1 amide bonds. The largest absolute Gasteiger partial charge is 0.497 e. The molecule has 0 saturated carbocycles. The Morgan fingerprint density at radius 3 is 2.60 bits per heavy atom. The number of oxazole rings is 1. The number of sulfone groups is 1. The van der Waals surface area contributed by atoms with Crippen molar-refractivity contribution in [2.75, 3.05) is 12.9 Å². The minimum Gasteiger partial charge on any atom is -0.497 e. The van der Waals surface area contributed by atoms with Crippen LogP contribution in [0, 0.1) is 6.92 Å². The number of methoxy groups -OCH3 is 1. The Morgan fingerprint density at radius 1 is 1.17 bits per heavy atom. The molecule has 1 heterocycles. The van der Waals surface area contributed by atoms with Gasteiger partial charge in [-0.1, -0.05) is 36.4 Å². The molecule has 2 aromatic carbocycles. The smallest absolute Gasteiger partial charge is 0.235 e. The van der Waals surface area contributed by atoms with E-state index in [1.54, 1.807) is 38.3 Å². The third-order valence-electron chi connectivity index (χ3n) is 4.59. The average molecular weight is 429 g/mol. The van der Waals surface area contributed by atoms with E-state index in [1.165, 1.54) is 0 Å². The standard InChI is InChI=1S/C22H24N2O5S/c1-15(17-8-5-4-6-9-17)23-21(25)14-30(26,27)13-20-16(2)29-22(24-20)18-10-7-11-19(12-18)28-3/h4-12,15H,13-14H2,1-3H3,(H,23,25)/t15-/m0/s1. The second-order valence-electron chi connectivity index (χ2n) is 6.99. The number of nitrogens with one attached hydrogen (secondary N) is 1. The molecule has 1 aromatic heterocycles. The molecule has 0 spiro atoms. The highest BCUT2D eigenvalue weighted by Gasteiger charge is 2.23. The predicted octanol–water partition coefficient (Wildman–Crippen LogP) is 3.45. The summed E-state index contributed by atoms with van der Waals surface area (Å²) in [5, 5.41) is 2.72. The first-order valence-corrected chi connectivity index (χ1v) is 11.2. The molecule has 7 nitrogen and oxygen atoms in total. The second kappa shape index (κ2) is 9.13. The molecule has 0 aliphatic rings. The summed E-state index contributed by atoms with van der Waals surface area (Å²) in [6.45, 7) is 3.46. The van der Waals surface area contributed by atoms with E-state index in [-0.39, 0.29) is 17.5 Å². The van der Waals surface area contributed by atoms with Gasteiger partial charge in [-0.2, -0.15) is 0 Å². The lowest BCUT2D eigenvalue weighted by Crippen LogP contribution is -2.32. The van der Waals surface area contributed by atoms with Crippen LogP contribution in [0.3, 0.4) is 0 Å². The number of hydrogen-bond acceptors (Lipinski definition) is 6. The van der Waals surface area contributed by atoms with Gasteiger partial charge in [0.15, 0.2) is 9.84 Å². The Morgan fingerprint density at radius 2 is 1.90 bits per heavy atom. The number of benzene rings is 2. The number of rotatable bonds is 8. The monoisotopic (exact) mass is 428 g/mol. The summed E-state index contributed by atoms with van der Waals surface area (Å²) < 4.78 is 36.0. The van der Waals surface area contributed by atoms with Crippen LogP contribution in [0.2, 0.25) is 0 Å². The predicted molar refractivity (Wildman–Crippen MR) is 114 cm³/mol. The van der Waals surface area contributed by atoms with Gasteiger partial charge >= 0.3 is 0 Å². The Balaban J connectivity index is 1.68. The molecule has 0 aliphatic carbocycles. The number of amides is 1. The summed E-state index contributed by atoms with van der Waals surface area (Å²) in [5.41, 5.74) is 1.87. The summed E-state index contributed by atoms with van der Waals surface area (Å²) in [5.74, 6) is -0.208. The van der Waals surface area contributed by atoms with E-state index in [0.717, 1.165) is 5.56 Å². The first-order chi connectivity index (χ1) is 14.3. The fraction of sp³-hybridized carbons (Fsp3) is 0.273. The molecular weight excluding hydrogens is 404 g/mol. The molecule has 0 unspecified atom stereocenters. The molecule has 158 valence electrons. The van der Waals surface area contributed by atoms with E-state index in [9.17, 15) is 13.2 Å². The maximum atomic E-state index is 12.6. The van der Waals surface area contributed by atoms with E-state index < -0.39 is 21.5 Å². The van der Waals surface area contributed by atoms with Crippen molar-refractivity contribution in [3.63, 3.8) is 0 Å². The number of aromatic nitrogens is 1. The van der Waals surface area contributed by atoms with Crippen LogP contribution in [0.15, 0.2) is 59.0 Å². The van der Waals surface area contributed by atoms with Crippen LogP contribution in [0.4, 0.5) is 0 Å². The van der Waals surface area contributed by atoms with Crippen molar-refractivity contribution in [1.82, 2.24) is 10.3 Å². The quantitative estimate of drug-likeness (QED) is 0.590. The zero-order valence-electron chi connectivity index (χ0n) is 17.1. The highest BCUT2D eigenvalue weighted by atomic mass is 32.2. The molecule has 0 bridgehead atoms. The number of aryl methyl sites for hydroxylation is 1. The van der Waals surface area contributed by atoms with Gasteiger partial charge in [-0.25, -0.2) is 13.4 Å². The fourth-order valence-corrected chi connectivity index (χ4v) is 4.28. The number of ether oxygens (including phenoxy) is 1. The minimum atomic E-state index is -3.73. The van der Waals surface area contributed by atoms with E-state index in [1.807, 2.05) is 37.3 Å². The van der Waals surface area contributed by atoms with Gasteiger partial charge in [-0.05, 0) is 37.6 Å². The number of hydrogen-bond donors (Lipinski definition) is 1. The van der Waals surface area contributed by atoms with Crippen LogP contribution in [0.5, 0.6) is 5.75 Å². The van der Waals surface area contributed by atoms with Crippen LogP contribution in [-0.4, -0.2) is 32.2 Å². The zero-order chi connectivity index (χ0) is 21.7. The number of carbonyl (C=O) groups excluding carboxylic acids is 1. The first-order valence-electron chi connectivity index (χ1n) is 9.43. The molecule has 3 aromatic rings. The van der Waals surface area contributed by atoms with Crippen LogP contribution in [0.25, 0.3) is 11.5 Å². The third kappa shape index (κ3) is 5.48. The molecule has 0 radical (unpaired) electrons. The molecule has 0 fully saturated rings. The van der Waals surface area contributed by atoms with E-state index in [4.69, 9.17) is 9.15 Å². The van der Waals surface area contributed by atoms with Crippen molar-refractivity contribution in [3.05, 3.63) is 71.6 Å². The first kappa shape index (κ1) is 21.6. The maximum absolute atomic E-state index is 12.6. The minimum absolute atomic E-state index is 0.289. The highest BCUT2D eigenvalue weighted by molar-refractivity contribution is 7.91. The Hall–Kier alpha value is -3.13. The molecule has 3 rings (SSSR count). The molecule has 0 saturated heterocycles. The number of nitrogens with zero attached hydrogens (tertiary/aromatic N) is 1. The zero-order valence-corrected chi connectivity index (χ0v) is 17.9. The van der Waals surface area contributed by atoms with Crippen molar-refractivity contribution in [1.29, 1.82) is 0 Å². The second-order valence-corrected chi connectivity index (χ2v) is 9.05. The lowest BCUT2D eigenvalue weighted by Gasteiger charge is -2.14. The molecule has 0 aliphatic heterocycles. The van der Waals surface area contributed by atoms with Crippen molar-refractivity contribution in [2.24, 2.45) is 0 Å². The van der Waals surface area contributed by atoms with Gasteiger partial charge in [0.1, 0.15) is 17.3 Å². The summed E-state index contributed by atoms with van der Waals surface area (Å²) in [6, 6.07) is 16.2. The average Bonchev–Trinajstić information content (AvgIpc) is 3.07. The van der Waals surface area contributed by atoms with Gasteiger partial charge < -0.3 is 14.5 Å². The molecule has 8 heteroatoms. The van der Waals surface area contributed by atoms with Gasteiger partial charge in [0.25, 0.3) is 0 Å². The Labute approximate surface area is 176 Å². The van der Waals surface area contributed by atoms with Gasteiger partial charge in [-0.3, -0.25) is 4.79 Å². The van der Waals surface area contributed by atoms with Gasteiger partial charge in [-0.15, -0.1) is 0 Å². The van der Waals surface area contributed by atoms with E-state index in [2.05, 4.69) is 10.3 Å². The summed E-state index contributed by atoms with van der Waals surface area (Å²) in [4.78, 5) is 16.6. The van der Waals surface area contributed by atoms with Crippen molar-refractivity contribution in [2.45, 2.75) is 25.6 Å².